The molecule has 0 spiro atoms. The molecule has 0 aliphatic rings. The van der Waals surface area contributed by atoms with E-state index in [4.69, 9.17) is 9.47 Å². The van der Waals surface area contributed by atoms with Gasteiger partial charge in [0.15, 0.2) is 6.61 Å². The summed E-state index contributed by atoms with van der Waals surface area (Å²) in [5, 5.41) is 0. The van der Waals surface area contributed by atoms with Gasteiger partial charge in [0.25, 0.3) is 5.91 Å². The minimum atomic E-state index is -0.102. The van der Waals surface area contributed by atoms with Crippen molar-refractivity contribution in [2.75, 3.05) is 20.8 Å². The number of carbonyl (C=O) groups is 1. The van der Waals surface area contributed by atoms with Crippen LogP contribution in [0.4, 0.5) is 0 Å². The Bertz CT molecular complexity index is 674. The van der Waals surface area contributed by atoms with Crippen molar-refractivity contribution >= 4 is 37.8 Å². The maximum absolute atomic E-state index is 12.2. The Balaban J connectivity index is 1.94. The number of benzene rings is 2. The largest absolute Gasteiger partial charge is 0.496 e. The first-order valence-electron chi connectivity index (χ1n) is 6.94. The van der Waals surface area contributed by atoms with Crippen LogP contribution in [0.15, 0.2) is 51.4 Å². The normalized spacial score (nSPS) is 10.3. The number of halogens is 2. The van der Waals surface area contributed by atoms with E-state index in [1.54, 1.807) is 19.1 Å². The van der Waals surface area contributed by atoms with Crippen molar-refractivity contribution < 1.29 is 14.3 Å². The zero-order chi connectivity index (χ0) is 16.8. The molecule has 0 fully saturated rings. The van der Waals surface area contributed by atoms with Crippen LogP contribution < -0.4 is 9.47 Å². The van der Waals surface area contributed by atoms with Gasteiger partial charge in [0, 0.05) is 28.1 Å². The van der Waals surface area contributed by atoms with Gasteiger partial charge >= 0.3 is 0 Å². The van der Waals surface area contributed by atoms with E-state index in [1.165, 1.54) is 0 Å². The average molecular weight is 443 g/mol. The fourth-order valence-corrected chi connectivity index (χ4v) is 2.67. The minimum absolute atomic E-state index is 0.00550. The van der Waals surface area contributed by atoms with Gasteiger partial charge in [-0.3, -0.25) is 4.79 Å². The van der Waals surface area contributed by atoms with Crippen LogP contribution in [0.25, 0.3) is 0 Å². The summed E-state index contributed by atoms with van der Waals surface area (Å²) in [5.41, 5.74) is 0.932. The van der Waals surface area contributed by atoms with E-state index >= 15 is 0 Å². The van der Waals surface area contributed by atoms with E-state index in [0.29, 0.717) is 12.3 Å². The maximum Gasteiger partial charge on any atom is 0.260 e. The standard InChI is InChI=1S/C17H17Br2NO3/c1-20(10-12-9-14(19)5-8-16(12)22-2)17(21)11-23-15-6-3-13(18)4-7-15/h3-9H,10-11H2,1-2H3. The lowest BCUT2D eigenvalue weighted by molar-refractivity contribution is -0.132. The van der Waals surface area contributed by atoms with Gasteiger partial charge < -0.3 is 14.4 Å². The summed E-state index contributed by atoms with van der Waals surface area (Å²) in [7, 11) is 3.36. The van der Waals surface area contributed by atoms with Crippen LogP contribution >= 0.6 is 31.9 Å². The van der Waals surface area contributed by atoms with Crippen LogP contribution in [0, 0.1) is 0 Å². The summed E-state index contributed by atoms with van der Waals surface area (Å²) in [6.45, 7) is 0.444. The van der Waals surface area contributed by atoms with Gasteiger partial charge in [-0.1, -0.05) is 31.9 Å². The van der Waals surface area contributed by atoms with Crippen LogP contribution in [-0.2, 0) is 11.3 Å². The second-order valence-corrected chi connectivity index (χ2v) is 6.78. The summed E-state index contributed by atoms with van der Waals surface area (Å²) in [6, 6.07) is 13.1. The Kier molecular flexibility index (Phi) is 6.47. The first-order valence-corrected chi connectivity index (χ1v) is 8.53. The first kappa shape index (κ1) is 17.8. The number of amides is 1. The third-order valence-electron chi connectivity index (χ3n) is 3.25. The van der Waals surface area contributed by atoms with Gasteiger partial charge in [-0.05, 0) is 42.5 Å². The summed E-state index contributed by atoms with van der Waals surface area (Å²) >= 11 is 6.79. The highest BCUT2D eigenvalue weighted by atomic mass is 79.9. The van der Waals surface area contributed by atoms with Crippen LogP contribution in [0.3, 0.4) is 0 Å². The molecule has 0 aliphatic heterocycles. The molecule has 2 rings (SSSR count). The van der Waals surface area contributed by atoms with Crippen molar-refractivity contribution in [3.8, 4) is 11.5 Å². The van der Waals surface area contributed by atoms with Gasteiger partial charge in [-0.25, -0.2) is 0 Å². The molecule has 0 N–H and O–H groups in total. The molecule has 0 bridgehead atoms. The van der Waals surface area contributed by atoms with E-state index < -0.39 is 0 Å². The van der Waals surface area contributed by atoms with Gasteiger partial charge in [0.2, 0.25) is 0 Å². The van der Waals surface area contributed by atoms with Gasteiger partial charge in [0.1, 0.15) is 11.5 Å². The Morgan fingerprint density at radius 3 is 2.39 bits per heavy atom. The Morgan fingerprint density at radius 2 is 1.74 bits per heavy atom. The van der Waals surface area contributed by atoms with Crippen molar-refractivity contribution in [1.29, 1.82) is 0 Å². The van der Waals surface area contributed by atoms with Crippen molar-refractivity contribution in [3.63, 3.8) is 0 Å². The van der Waals surface area contributed by atoms with E-state index in [0.717, 1.165) is 20.3 Å². The molecule has 4 nitrogen and oxygen atoms in total. The molecule has 0 saturated heterocycles. The number of likely N-dealkylation sites (N-methyl/N-ethyl adjacent to an activating group) is 1. The van der Waals surface area contributed by atoms with Gasteiger partial charge in [0.05, 0.1) is 7.11 Å². The SMILES string of the molecule is COc1ccc(Br)cc1CN(C)C(=O)COc1ccc(Br)cc1. The third-order valence-corrected chi connectivity index (χ3v) is 4.27. The highest BCUT2D eigenvalue weighted by Gasteiger charge is 2.13. The number of hydrogen-bond donors (Lipinski definition) is 0. The lowest BCUT2D eigenvalue weighted by Gasteiger charge is -2.19. The molecule has 6 heteroatoms. The lowest BCUT2D eigenvalue weighted by Crippen LogP contribution is -2.31. The lowest BCUT2D eigenvalue weighted by atomic mass is 10.2. The van der Waals surface area contributed by atoms with Crippen LogP contribution in [0.2, 0.25) is 0 Å². The Hall–Kier alpha value is -1.53. The molecule has 1 amide bonds. The predicted octanol–water partition coefficient (Wildman–Crippen LogP) is 4.26. The molecule has 0 radical (unpaired) electrons. The highest BCUT2D eigenvalue weighted by Crippen LogP contribution is 2.24. The molecular formula is C17H17Br2NO3. The summed E-state index contributed by atoms with van der Waals surface area (Å²) in [4.78, 5) is 13.8. The predicted molar refractivity (Wildman–Crippen MR) is 96.8 cm³/mol. The fraction of sp³-hybridized carbons (Fsp3) is 0.235. The molecule has 0 unspecified atom stereocenters. The molecule has 2 aromatic carbocycles. The van der Waals surface area contributed by atoms with Crippen molar-refractivity contribution in [1.82, 2.24) is 4.90 Å². The van der Waals surface area contributed by atoms with Crippen LogP contribution in [-0.4, -0.2) is 31.6 Å². The van der Waals surface area contributed by atoms with Crippen LogP contribution in [0.5, 0.6) is 11.5 Å². The first-order chi connectivity index (χ1) is 11.0. The van der Waals surface area contributed by atoms with Gasteiger partial charge in [-0.15, -0.1) is 0 Å². The van der Waals surface area contributed by atoms with Crippen molar-refractivity contribution in [2.24, 2.45) is 0 Å². The minimum Gasteiger partial charge on any atom is -0.496 e. The Labute approximate surface area is 152 Å². The van der Waals surface area contributed by atoms with Crippen LogP contribution in [0.1, 0.15) is 5.56 Å². The van der Waals surface area contributed by atoms with E-state index in [9.17, 15) is 4.79 Å². The molecule has 0 aliphatic carbocycles. The van der Waals surface area contributed by atoms with Crippen molar-refractivity contribution in [3.05, 3.63) is 57.0 Å². The summed E-state index contributed by atoms with van der Waals surface area (Å²) in [5.74, 6) is 1.31. The second kappa shape index (κ2) is 8.36. The summed E-state index contributed by atoms with van der Waals surface area (Å²) < 4.78 is 12.7. The monoisotopic (exact) mass is 441 g/mol. The molecule has 122 valence electrons. The average Bonchev–Trinajstić information content (AvgIpc) is 2.54. The molecule has 2 aromatic rings. The zero-order valence-corrected chi connectivity index (χ0v) is 16.1. The summed E-state index contributed by atoms with van der Waals surface area (Å²) in [6.07, 6.45) is 0. The Morgan fingerprint density at radius 1 is 1.09 bits per heavy atom. The number of rotatable bonds is 6. The third kappa shape index (κ3) is 5.25. The number of methoxy groups -OCH3 is 1. The van der Waals surface area contributed by atoms with Crippen molar-refractivity contribution in [2.45, 2.75) is 6.54 Å². The quantitative estimate of drug-likeness (QED) is 0.670. The molecule has 0 saturated carbocycles. The smallest absolute Gasteiger partial charge is 0.260 e. The van der Waals surface area contributed by atoms with E-state index in [2.05, 4.69) is 31.9 Å². The number of nitrogens with zero attached hydrogens (tertiary/aromatic N) is 1. The molecule has 0 heterocycles. The zero-order valence-electron chi connectivity index (χ0n) is 12.9. The maximum atomic E-state index is 12.2. The molecule has 0 aromatic heterocycles. The topological polar surface area (TPSA) is 38.8 Å². The molecule has 23 heavy (non-hydrogen) atoms. The number of ether oxygens (including phenoxy) is 2. The second-order valence-electron chi connectivity index (χ2n) is 4.95. The fourth-order valence-electron chi connectivity index (χ4n) is 2.00. The molecule has 0 atom stereocenters. The molecular weight excluding hydrogens is 426 g/mol. The number of carbonyl (C=O) groups excluding carboxylic acids is 1. The van der Waals surface area contributed by atoms with E-state index in [-0.39, 0.29) is 12.5 Å². The van der Waals surface area contributed by atoms with E-state index in [1.807, 2.05) is 42.5 Å². The highest BCUT2D eigenvalue weighted by molar-refractivity contribution is 9.10. The van der Waals surface area contributed by atoms with Gasteiger partial charge in [-0.2, -0.15) is 0 Å². The number of hydrogen-bond acceptors (Lipinski definition) is 3.